The van der Waals surface area contributed by atoms with E-state index in [1.807, 2.05) is 18.2 Å². The van der Waals surface area contributed by atoms with Crippen LogP contribution in [0.25, 0.3) is 0 Å². The third-order valence-electron chi connectivity index (χ3n) is 2.75. The minimum atomic E-state index is -0.197. The highest BCUT2D eigenvalue weighted by Gasteiger charge is 2.16. The highest BCUT2D eigenvalue weighted by Crippen LogP contribution is 2.21. The Morgan fingerprint density at radius 3 is 3.12 bits per heavy atom. The van der Waals surface area contributed by atoms with Gasteiger partial charge < -0.3 is 15.0 Å². The minimum absolute atomic E-state index is 0.197. The summed E-state index contributed by atoms with van der Waals surface area (Å²) in [5.41, 5.74) is 2.35. The van der Waals surface area contributed by atoms with E-state index >= 15 is 0 Å². The zero-order valence-electron chi connectivity index (χ0n) is 9.40. The van der Waals surface area contributed by atoms with Crippen LogP contribution in [0.2, 0.25) is 0 Å². The fourth-order valence-corrected chi connectivity index (χ4v) is 1.91. The summed E-state index contributed by atoms with van der Waals surface area (Å²) in [6, 6.07) is 8.14. The van der Waals surface area contributed by atoms with Gasteiger partial charge in [-0.15, -0.1) is 0 Å². The number of carbonyl (C=O) groups excluding carboxylic acids is 1. The molecule has 1 aromatic carbocycles. The van der Waals surface area contributed by atoms with E-state index in [1.165, 1.54) is 12.7 Å². The second-order valence-corrected chi connectivity index (χ2v) is 3.80. The van der Waals surface area contributed by atoms with Gasteiger partial charge in [-0.05, 0) is 11.6 Å². The molecule has 0 aliphatic carbocycles. The molecule has 86 valence electrons. The number of fused-ring (bicyclic) bond motifs is 1. The molecular weight excluding hydrogens is 204 g/mol. The van der Waals surface area contributed by atoms with Crippen molar-refractivity contribution < 1.29 is 9.53 Å². The number of esters is 1. The summed E-state index contributed by atoms with van der Waals surface area (Å²) in [5.74, 6) is -0.197. The molecule has 16 heavy (non-hydrogen) atoms. The smallest absolute Gasteiger partial charge is 0.325 e. The highest BCUT2D eigenvalue weighted by atomic mass is 16.5. The number of para-hydroxylation sites is 1. The van der Waals surface area contributed by atoms with Gasteiger partial charge in [-0.1, -0.05) is 18.2 Å². The number of ether oxygens (including phenoxy) is 1. The van der Waals surface area contributed by atoms with Crippen LogP contribution in [0.3, 0.4) is 0 Å². The molecule has 0 bridgehead atoms. The van der Waals surface area contributed by atoms with E-state index in [0.29, 0.717) is 6.54 Å². The van der Waals surface area contributed by atoms with E-state index in [4.69, 9.17) is 4.74 Å². The Labute approximate surface area is 95.2 Å². The number of anilines is 1. The fraction of sp³-hybridized carbons (Fsp3) is 0.417. The number of rotatable bonds is 2. The number of carbonyl (C=O) groups is 1. The molecule has 0 spiro atoms. The van der Waals surface area contributed by atoms with Gasteiger partial charge >= 0.3 is 5.97 Å². The standard InChI is InChI=1S/C12H16N2O2/c1-16-12(15)9-14-7-6-13-8-10-4-2-3-5-11(10)14/h2-5,13H,6-9H2,1H3. The molecule has 0 atom stereocenters. The molecule has 1 aliphatic rings. The van der Waals surface area contributed by atoms with Crippen LogP contribution in [-0.2, 0) is 16.1 Å². The Balaban J connectivity index is 2.22. The number of nitrogens with one attached hydrogen (secondary N) is 1. The zero-order valence-corrected chi connectivity index (χ0v) is 9.40. The predicted octanol–water partition coefficient (Wildman–Crippen LogP) is 0.769. The Hall–Kier alpha value is -1.55. The van der Waals surface area contributed by atoms with Crippen molar-refractivity contribution in [3.05, 3.63) is 29.8 Å². The molecule has 1 aliphatic heterocycles. The van der Waals surface area contributed by atoms with Crippen molar-refractivity contribution in [3.8, 4) is 0 Å². The fourth-order valence-electron chi connectivity index (χ4n) is 1.91. The number of nitrogens with zero attached hydrogens (tertiary/aromatic N) is 1. The summed E-state index contributed by atoms with van der Waals surface area (Å²) in [4.78, 5) is 13.4. The van der Waals surface area contributed by atoms with Crippen LogP contribution in [0.1, 0.15) is 5.56 Å². The van der Waals surface area contributed by atoms with Gasteiger partial charge in [0.25, 0.3) is 0 Å². The van der Waals surface area contributed by atoms with Crippen LogP contribution in [0.15, 0.2) is 24.3 Å². The number of benzene rings is 1. The summed E-state index contributed by atoms with van der Waals surface area (Å²) in [7, 11) is 1.42. The largest absolute Gasteiger partial charge is 0.468 e. The van der Waals surface area contributed by atoms with Gasteiger partial charge in [0.1, 0.15) is 6.54 Å². The first-order valence-corrected chi connectivity index (χ1v) is 5.41. The summed E-state index contributed by atoms with van der Waals surface area (Å²) >= 11 is 0. The van der Waals surface area contributed by atoms with Crippen LogP contribution in [0.5, 0.6) is 0 Å². The van der Waals surface area contributed by atoms with Crippen molar-refractivity contribution in [3.63, 3.8) is 0 Å². The van der Waals surface area contributed by atoms with Crippen LogP contribution in [-0.4, -0.2) is 32.7 Å². The molecule has 4 heteroatoms. The van der Waals surface area contributed by atoms with Crippen molar-refractivity contribution in [1.29, 1.82) is 0 Å². The summed E-state index contributed by atoms with van der Waals surface area (Å²) in [5, 5.41) is 3.33. The molecule has 0 radical (unpaired) electrons. The average molecular weight is 220 g/mol. The van der Waals surface area contributed by atoms with Crippen LogP contribution in [0.4, 0.5) is 5.69 Å². The van der Waals surface area contributed by atoms with Gasteiger partial charge in [0.05, 0.1) is 7.11 Å². The van der Waals surface area contributed by atoms with Gasteiger partial charge in [0.15, 0.2) is 0 Å². The molecule has 0 fully saturated rings. The molecule has 1 heterocycles. The first-order chi connectivity index (χ1) is 7.81. The molecule has 0 saturated carbocycles. The molecule has 0 saturated heterocycles. The normalized spacial score (nSPS) is 15.2. The maximum Gasteiger partial charge on any atom is 0.325 e. The number of hydrogen-bond acceptors (Lipinski definition) is 4. The Kier molecular flexibility index (Phi) is 3.41. The predicted molar refractivity (Wildman–Crippen MR) is 62.4 cm³/mol. The molecule has 1 aromatic rings. The lowest BCUT2D eigenvalue weighted by atomic mass is 10.1. The minimum Gasteiger partial charge on any atom is -0.468 e. The Morgan fingerprint density at radius 1 is 1.50 bits per heavy atom. The first-order valence-electron chi connectivity index (χ1n) is 5.41. The first kappa shape index (κ1) is 11.0. The Morgan fingerprint density at radius 2 is 2.31 bits per heavy atom. The second-order valence-electron chi connectivity index (χ2n) is 3.80. The van der Waals surface area contributed by atoms with E-state index < -0.39 is 0 Å². The lowest BCUT2D eigenvalue weighted by Crippen LogP contribution is -2.34. The SMILES string of the molecule is COC(=O)CN1CCNCc2ccccc21. The number of hydrogen-bond donors (Lipinski definition) is 1. The monoisotopic (exact) mass is 220 g/mol. The third kappa shape index (κ3) is 2.33. The summed E-state index contributed by atoms with van der Waals surface area (Å²) in [6.45, 7) is 2.88. The van der Waals surface area contributed by atoms with E-state index in [0.717, 1.165) is 25.3 Å². The quantitative estimate of drug-likeness (QED) is 0.747. The van der Waals surface area contributed by atoms with E-state index in [1.54, 1.807) is 0 Å². The van der Waals surface area contributed by atoms with Crippen LogP contribution < -0.4 is 10.2 Å². The molecular formula is C12H16N2O2. The maximum atomic E-state index is 11.3. The average Bonchev–Trinajstić information content (AvgIpc) is 2.52. The second kappa shape index (κ2) is 4.99. The van der Waals surface area contributed by atoms with E-state index in [9.17, 15) is 4.79 Å². The Bertz CT molecular complexity index is 379. The molecule has 0 amide bonds. The van der Waals surface area contributed by atoms with Crippen molar-refractivity contribution in [2.24, 2.45) is 0 Å². The lowest BCUT2D eigenvalue weighted by molar-refractivity contribution is -0.138. The van der Waals surface area contributed by atoms with E-state index in [2.05, 4.69) is 16.3 Å². The topological polar surface area (TPSA) is 41.6 Å². The van der Waals surface area contributed by atoms with Crippen LogP contribution in [0, 0.1) is 0 Å². The summed E-state index contributed by atoms with van der Waals surface area (Å²) in [6.07, 6.45) is 0. The highest BCUT2D eigenvalue weighted by molar-refractivity contribution is 5.76. The van der Waals surface area contributed by atoms with Crippen molar-refractivity contribution in [2.75, 3.05) is 31.6 Å². The van der Waals surface area contributed by atoms with E-state index in [-0.39, 0.29) is 5.97 Å². The van der Waals surface area contributed by atoms with Crippen molar-refractivity contribution >= 4 is 11.7 Å². The van der Waals surface area contributed by atoms with Crippen molar-refractivity contribution in [1.82, 2.24) is 5.32 Å². The zero-order chi connectivity index (χ0) is 11.4. The van der Waals surface area contributed by atoms with Crippen molar-refractivity contribution in [2.45, 2.75) is 6.54 Å². The van der Waals surface area contributed by atoms with Gasteiger partial charge in [-0.3, -0.25) is 4.79 Å². The van der Waals surface area contributed by atoms with Gasteiger partial charge in [-0.2, -0.15) is 0 Å². The van der Waals surface area contributed by atoms with Crippen LogP contribution >= 0.6 is 0 Å². The number of methoxy groups -OCH3 is 1. The lowest BCUT2D eigenvalue weighted by Gasteiger charge is -2.22. The molecule has 2 rings (SSSR count). The van der Waals surface area contributed by atoms with Gasteiger partial charge in [-0.25, -0.2) is 0 Å². The maximum absolute atomic E-state index is 11.3. The molecule has 0 aromatic heterocycles. The van der Waals surface area contributed by atoms with Gasteiger partial charge in [0.2, 0.25) is 0 Å². The molecule has 0 unspecified atom stereocenters. The van der Waals surface area contributed by atoms with Gasteiger partial charge in [0, 0.05) is 25.3 Å². The molecule has 4 nitrogen and oxygen atoms in total. The summed E-state index contributed by atoms with van der Waals surface area (Å²) < 4.78 is 4.71. The third-order valence-corrected chi connectivity index (χ3v) is 2.75. The molecule has 1 N–H and O–H groups in total.